The molecule has 4 nitrogen and oxygen atoms in total. The Morgan fingerprint density at radius 1 is 1.08 bits per heavy atom. The van der Waals surface area contributed by atoms with Gasteiger partial charge in [-0.1, -0.05) is 49.9 Å². The standard InChI is InChI=1S/C19H17N3O.CH4/c23-17(15-10-11-15)13-18-20-19-8-4-7-16(22(19)21-18)12-9-14-5-2-1-3-6-14;/h1-9,12,15H,10-11,13H2;1H4/b12-9+;. The van der Waals surface area contributed by atoms with Crippen LogP contribution in [0.1, 0.15) is 37.4 Å². The summed E-state index contributed by atoms with van der Waals surface area (Å²) < 4.78 is 1.80. The first-order valence-electron chi connectivity index (χ1n) is 7.90. The minimum atomic E-state index is 0. The summed E-state index contributed by atoms with van der Waals surface area (Å²) in [4.78, 5) is 16.4. The van der Waals surface area contributed by atoms with E-state index < -0.39 is 0 Å². The molecule has 1 saturated carbocycles. The van der Waals surface area contributed by atoms with Crippen LogP contribution in [-0.4, -0.2) is 20.4 Å². The van der Waals surface area contributed by atoms with Crippen LogP contribution in [0.4, 0.5) is 0 Å². The van der Waals surface area contributed by atoms with Gasteiger partial charge in [0, 0.05) is 5.92 Å². The van der Waals surface area contributed by atoms with Gasteiger partial charge in [-0.25, -0.2) is 9.50 Å². The molecule has 0 unspecified atom stereocenters. The number of ketones is 1. The van der Waals surface area contributed by atoms with E-state index in [0.717, 1.165) is 29.7 Å². The van der Waals surface area contributed by atoms with Crippen LogP contribution in [0.2, 0.25) is 0 Å². The van der Waals surface area contributed by atoms with E-state index in [-0.39, 0.29) is 19.1 Å². The summed E-state index contributed by atoms with van der Waals surface area (Å²) in [6.07, 6.45) is 6.46. The lowest BCUT2D eigenvalue weighted by atomic mass is 10.2. The topological polar surface area (TPSA) is 47.3 Å². The van der Waals surface area contributed by atoms with Crippen molar-refractivity contribution in [3.8, 4) is 0 Å². The lowest BCUT2D eigenvalue weighted by molar-refractivity contribution is -0.119. The highest BCUT2D eigenvalue weighted by atomic mass is 16.1. The van der Waals surface area contributed by atoms with Crippen molar-refractivity contribution >= 4 is 23.6 Å². The van der Waals surface area contributed by atoms with Crippen LogP contribution >= 0.6 is 0 Å². The lowest BCUT2D eigenvalue weighted by Crippen LogP contribution is -2.06. The number of carbonyl (C=O) groups excluding carboxylic acids is 1. The number of nitrogens with zero attached hydrogens (tertiary/aromatic N) is 3. The molecule has 2 aromatic heterocycles. The van der Waals surface area contributed by atoms with Crippen LogP contribution in [0.15, 0.2) is 48.5 Å². The van der Waals surface area contributed by atoms with Gasteiger partial charge < -0.3 is 0 Å². The van der Waals surface area contributed by atoms with Crippen LogP contribution in [0.25, 0.3) is 17.8 Å². The molecule has 0 atom stereocenters. The zero-order chi connectivity index (χ0) is 15.6. The molecular weight excluding hydrogens is 298 g/mol. The summed E-state index contributed by atoms with van der Waals surface area (Å²) in [5, 5.41) is 4.51. The zero-order valence-corrected chi connectivity index (χ0v) is 12.7. The van der Waals surface area contributed by atoms with Crippen molar-refractivity contribution in [1.29, 1.82) is 0 Å². The number of hydrogen-bond acceptors (Lipinski definition) is 3. The van der Waals surface area contributed by atoms with Crippen LogP contribution < -0.4 is 0 Å². The van der Waals surface area contributed by atoms with Gasteiger partial charge in [0.25, 0.3) is 0 Å². The summed E-state index contributed by atoms with van der Waals surface area (Å²) in [5.41, 5.74) is 2.86. The van der Waals surface area contributed by atoms with E-state index >= 15 is 0 Å². The Labute approximate surface area is 141 Å². The Kier molecular flexibility index (Phi) is 4.56. The van der Waals surface area contributed by atoms with Crippen molar-refractivity contribution < 1.29 is 4.79 Å². The van der Waals surface area contributed by atoms with Crippen molar-refractivity contribution in [2.45, 2.75) is 26.7 Å². The molecule has 1 aliphatic rings. The van der Waals surface area contributed by atoms with Gasteiger partial charge in [-0.05, 0) is 36.6 Å². The molecule has 4 rings (SSSR count). The third-order valence-electron chi connectivity index (χ3n) is 4.04. The van der Waals surface area contributed by atoms with Crippen LogP contribution in [0.5, 0.6) is 0 Å². The number of hydrogen-bond donors (Lipinski definition) is 0. The summed E-state index contributed by atoms with van der Waals surface area (Å²) in [6.45, 7) is 0. The molecule has 122 valence electrons. The largest absolute Gasteiger partial charge is 0.299 e. The minimum absolute atomic E-state index is 0. The second kappa shape index (κ2) is 6.79. The Balaban J connectivity index is 0.00000169. The van der Waals surface area contributed by atoms with E-state index in [1.807, 2.05) is 48.6 Å². The van der Waals surface area contributed by atoms with E-state index in [0.29, 0.717) is 12.2 Å². The van der Waals surface area contributed by atoms with Crippen molar-refractivity contribution in [2.24, 2.45) is 5.92 Å². The molecule has 4 heteroatoms. The van der Waals surface area contributed by atoms with E-state index in [1.54, 1.807) is 4.52 Å². The molecule has 0 radical (unpaired) electrons. The maximum absolute atomic E-state index is 11.9. The number of rotatable bonds is 5. The Bertz CT molecular complexity index is 876. The number of fused-ring (bicyclic) bond motifs is 1. The molecular formula is C20H21N3O. The summed E-state index contributed by atoms with van der Waals surface area (Å²) in [6, 6.07) is 16.0. The monoisotopic (exact) mass is 319 g/mol. The summed E-state index contributed by atoms with van der Waals surface area (Å²) >= 11 is 0. The first-order chi connectivity index (χ1) is 11.3. The van der Waals surface area contributed by atoms with Crippen LogP contribution in [-0.2, 0) is 11.2 Å². The molecule has 0 N–H and O–H groups in total. The van der Waals surface area contributed by atoms with Crippen molar-refractivity contribution in [2.75, 3.05) is 0 Å². The van der Waals surface area contributed by atoms with Gasteiger partial charge in [0.2, 0.25) is 0 Å². The first-order valence-corrected chi connectivity index (χ1v) is 7.90. The molecule has 3 aromatic rings. The average Bonchev–Trinajstić information content (AvgIpc) is 3.34. The van der Waals surface area contributed by atoms with Crippen LogP contribution in [0.3, 0.4) is 0 Å². The lowest BCUT2D eigenvalue weighted by Gasteiger charge is -1.98. The van der Waals surface area contributed by atoms with Gasteiger partial charge in [-0.2, -0.15) is 5.10 Å². The SMILES string of the molecule is C.O=C(Cc1nc2cccc(/C=C/c3ccccc3)n2n1)C1CC1. The number of pyridine rings is 1. The first kappa shape index (κ1) is 16.1. The minimum Gasteiger partial charge on any atom is -0.299 e. The summed E-state index contributed by atoms with van der Waals surface area (Å²) in [7, 11) is 0. The van der Waals surface area contributed by atoms with Crippen molar-refractivity contribution in [1.82, 2.24) is 14.6 Å². The maximum atomic E-state index is 11.9. The van der Waals surface area contributed by atoms with Gasteiger partial charge in [-0.3, -0.25) is 4.79 Å². The molecule has 2 heterocycles. The van der Waals surface area contributed by atoms with Gasteiger partial charge in [0.15, 0.2) is 11.5 Å². The molecule has 0 saturated heterocycles. The number of aromatic nitrogens is 3. The fraction of sp³-hybridized carbons (Fsp3) is 0.250. The smallest absolute Gasteiger partial charge is 0.159 e. The molecule has 0 bridgehead atoms. The normalized spacial score (nSPS) is 14.0. The Morgan fingerprint density at radius 2 is 1.88 bits per heavy atom. The van der Waals surface area contributed by atoms with Crippen molar-refractivity contribution in [3.05, 3.63) is 65.6 Å². The number of carbonyl (C=O) groups is 1. The predicted octanol–water partition coefficient (Wildman–Crippen LogP) is 4.06. The molecule has 0 aliphatic heterocycles. The van der Waals surface area contributed by atoms with Crippen LogP contribution in [0, 0.1) is 5.92 Å². The molecule has 1 aliphatic carbocycles. The fourth-order valence-corrected chi connectivity index (χ4v) is 2.62. The van der Waals surface area contributed by atoms with Gasteiger partial charge >= 0.3 is 0 Å². The highest BCUT2D eigenvalue weighted by molar-refractivity contribution is 5.84. The summed E-state index contributed by atoms with van der Waals surface area (Å²) in [5.74, 6) is 1.13. The number of benzene rings is 1. The van der Waals surface area contributed by atoms with E-state index in [1.165, 1.54) is 0 Å². The van der Waals surface area contributed by atoms with E-state index in [2.05, 4.69) is 22.2 Å². The van der Waals surface area contributed by atoms with Crippen molar-refractivity contribution in [3.63, 3.8) is 0 Å². The number of Topliss-reactive ketones (excluding diaryl/α,β-unsaturated/α-hetero) is 1. The third-order valence-corrected chi connectivity index (χ3v) is 4.04. The van der Waals surface area contributed by atoms with E-state index in [4.69, 9.17) is 0 Å². The quantitative estimate of drug-likeness (QED) is 0.712. The van der Waals surface area contributed by atoms with Gasteiger partial charge in [0.05, 0.1) is 12.1 Å². The highest BCUT2D eigenvalue weighted by Gasteiger charge is 2.30. The van der Waals surface area contributed by atoms with E-state index in [9.17, 15) is 4.79 Å². The Morgan fingerprint density at radius 3 is 2.62 bits per heavy atom. The van der Waals surface area contributed by atoms with Gasteiger partial charge in [0.1, 0.15) is 5.78 Å². The fourth-order valence-electron chi connectivity index (χ4n) is 2.62. The highest BCUT2D eigenvalue weighted by Crippen LogP contribution is 2.30. The maximum Gasteiger partial charge on any atom is 0.159 e. The second-order valence-electron chi connectivity index (χ2n) is 5.91. The zero-order valence-electron chi connectivity index (χ0n) is 12.7. The van der Waals surface area contributed by atoms with Gasteiger partial charge in [-0.15, -0.1) is 0 Å². The Hall–Kier alpha value is -2.75. The predicted molar refractivity (Wildman–Crippen MR) is 96.5 cm³/mol. The molecule has 1 aromatic carbocycles. The molecule has 0 amide bonds. The molecule has 1 fully saturated rings. The molecule has 24 heavy (non-hydrogen) atoms. The average molecular weight is 319 g/mol. The third kappa shape index (κ3) is 3.43. The molecule has 0 spiro atoms. The second-order valence-corrected chi connectivity index (χ2v) is 5.91.